The number of ether oxygens (including phenoxy) is 4. The molecule has 0 fully saturated rings. The van der Waals surface area contributed by atoms with E-state index in [1.54, 1.807) is 36.4 Å². The third-order valence-electron chi connectivity index (χ3n) is 5.27. The number of rotatable bonds is 10. The van der Waals surface area contributed by atoms with Crippen molar-refractivity contribution in [2.45, 2.75) is 6.42 Å². The Morgan fingerprint density at radius 2 is 1.71 bits per heavy atom. The molecular weight excluding hydrogens is 455 g/mol. The SMILES string of the molecule is COc1ccc(-c2oc3ccc(F)cc3c(=O)c2OCCOc2cccc(CC=O)c2)cc1OC. The van der Waals surface area contributed by atoms with E-state index in [1.807, 2.05) is 6.07 Å². The summed E-state index contributed by atoms with van der Waals surface area (Å²) >= 11 is 0. The average molecular weight is 478 g/mol. The Morgan fingerprint density at radius 1 is 0.914 bits per heavy atom. The van der Waals surface area contributed by atoms with Gasteiger partial charge in [0.05, 0.1) is 19.6 Å². The molecule has 35 heavy (non-hydrogen) atoms. The molecule has 0 aliphatic heterocycles. The third-order valence-corrected chi connectivity index (χ3v) is 5.27. The van der Waals surface area contributed by atoms with Crippen LogP contribution >= 0.6 is 0 Å². The second-order valence-corrected chi connectivity index (χ2v) is 7.51. The fourth-order valence-corrected chi connectivity index (χ4v) is 3.61. The van der Waals surface area contributed by atoms with Crippen molar-refractivity contribution < 1.29 is 32.5 Å². The lowest BCUT2D eigenvalue weighted by Crippen LogP contribution is -2.15. The maximum atomic E-state index is 13.8. The number of aldehydes is 1. The van der Waals surface area contributed by atoms with Gasteiger partial charge in [-0.2, -0.15) is 0 Å². The number of halogens is 1. The average Bonchev–Trinajstić information content (AvgIpc) is 2.88. The van der Waals surface area contributed by atoms with Crippen LogP contribution in [0.4, 0.5) is 4.39 Å². The summed E-state index contributed by atoms with van der Waals surface area (Å²) in [5.74, 6) is 1.05. The van der Waals surface area contributed by atoms with E-state index in [1.165, 1.54) is 26.4 Å². The molecule has 0 aliphatic carbocycles. The number of hydrogen-bond acceptors (Lipinski definition) is 7. The highest BCUT2D eigenvalue weighted by Crippen LogP contribution is 2.36. The van der Waals surface area contributed by atoms with Crippen LogP contribution in [0.25, 0.3) is 22.3 Å². The molecule has 0 bridgehead atoms. The van der Waals surface area contributed by atoms with E-state index < -0.39 is 11.2 Å². The minimum absolute atomic E-state index is 0.0176. The van der Waals surface area contributed by atoms with Crippen LogP contribution in [0, 0.1) is 5.82 Å². The Hall–Kier alpha value is -4.33. The zero-order valence-electron chi connectivity index (χ0n) is 19.2. The highest BCUT2D eigenvalue weighted by Gasteiger charge is 2.20. The molecule has 0 saturated carbocycles. The van der Waals surface area contributed by atoms with Gasteiger partial charge >= 0.3 is 0 Å². The van der Waals surface area contributed by atoms with Gasteiger partial charge in [0.1, 0.15) is 36.6 Å². The molecular formula is C27H23FO7. The minimum Gasteiger partial charge on any atom is -0.493 e. The van der Waals surface area contributed by atoms with Crippen LogP contribution in [0.2, 0.25) is 0 Å². The van der Waals surface area contributed by atoms with Gasteiger partial charge in [-0.1, -0.05) is 12.1 Å². The Kier molecular flexibility index (Phi) is 7.30. The van der Waals surface area contributed by atoms with E-state index in [4.69, 9.17) is 23.4 Å². The van der Waals surface area contributed by atoms with Gasteiger partial charge in [-0.3, -0.25) is 4.79 Å². The quantitative estimate of drug-likeness (QED) is 0.239. The van der Waals surface area contributed by atoms with Gasteiger partial charge in [-0.15, -0.1) is 0 Å². The molecule has 0 amide bonds. The lowest BCUT2D eigenvalue weighted by molar-refractivity contribution is -0.107. The fourth-order valence-electron chi connectivity index (χ4n) is 3.61. The molecule has 3 aromatic carbocycles. The Morgan fingerprint density at radius 3 is 2.49 bits per heavy atom. The first-order valence-electron chi connectivity index (χ1n) is 10.8. The van der Waals surface area contributed by atoms with Crippen LogP contribution in [0.1, 0.15) is 5.56 Å². The summed E-state index contributed by atoms with van der Waals surface area (Å²) in [6.07, 6.45) is 1.11. The molecule has 0 saturated heterocycles. The van der Waals surface area contributed by atoms with Gasteiger partial charge in [0, 0.05) is 12.0 Å². The van der Waals surface area contributed by atoms with Crippen LogP contribution in [-0.2, 0) is 11.2 Å². The van der Waals surface area contributed by atoms with E-state index >= 15 is 0 Å². The van der Waals surface area contributed by atoms with Crippen molar-refractivity contribution in [1.29, 1.82) is 0 Å². The highest BCUT2D eigenvalue weighted by molar-refractivity contribution is 5.82. The normalized spacial score (nSPS) is 10.7. The molecule has 1 aromatic heterocycles. The number of carbonyl (C=O) groups excluding carboxylic acids is 1. The fraction of sp³-hybridized carbons (Fsp3) is 0.185. The molecule has 0 N–H and O–H groups in total. The van der Waals surface area contributed by atoms with E-state index in [0.29, 0.717) is 22.8 Å². The maximum Gasteiger partial charge on any atom is 0.235 e. The summed E-state index contributed by atoms with van der Waals surface area (Å²) in [7, 11) is 3.02. The molecule has 0 spiro atoms. The lowest BCUT2D eigenvalue weighted by Gasteiger charge is -2.14. The predicted molar refractivity (Wildman–Crippen MR) is 128 cm³/mol. The molecule has 0 atom stereocenters. The van der Waals surface area contributed by atoms with Crippen molar-refractivity contribution in [3.63, 3.8) is 0 Å². The van der Waals surface area contributed by atoms with Crippen LogP contribution in [-0.4, -0.2) is 33.7 Å². The van der Waals surface area contributed by atoms with Crippen molar-refractivity contribution in [2.75, 3.05) is 27.4 Å². The summed E-state index contributed by atoms with van der Waals surface area (Å²) in [6, 6.07) is 15.9. The summed E-state index contributed by atoms with van der Waals surface area (Å²) in [4.78, 5) is 24.0. The van der Waals surface area contributed by atoms with E-state index in [-0.39, 0.29) is 42.1 Å². The summed E-state index contributed by atoms with van der Waals surface area (Å²) < 4.78 is 42.0. The number of fused-ring (bicyclic) bond motifs is 1. The first kappa shape index (κ1) is 23.8. The van der Waals surface area contributed by atoms with Crippen molar-refractivity contribution in [3.8, 4) is 34.3 Å². The van der Waals surface area contributed by atoms with Gasteiger partial charge in [0.25, 0.3) is 0 Å². The summed E-state index contributed by atoms with van der Waals surface area (Å²) in [5.41, 5.74) is 1.05. The lowest BCUT2D eigenvalue weighted by atomic mass is 10.1. The van der Waals surface area contributed by atoms with Crippen molar-refractivity contribution in [1.82, 2.24) is 0 Å². The van der Waals surface area contributed by atoms with Crippen molar-refractivity contribution in [2.24, 2.45) is 0 Å². The zero-order valence-corrected chi connectivity index (χ0v) is 19.2. The largest absolute Gasteiger partial charge is 0.493 e. The van der Waals surface area contributed by atoms with Crippen molar-refractivity contribution >= 4 is 17.3 Å². The highest BCUT2D eigenvalue weighted by atomic mass is 19.1. The molecule has 4 rings (SSSR count). The van der Waals surface area contributed by atoms with E-state index in [2.05, 4.69) is 0 Å². The molecule has 1 heterocycles. The summed E-state index contributed by atoms with van der Waals surface area (Å²) in [6.45, 7) is 0.139. The number of benzene rings is 3. The van der Waals surface area contributed by atoms with Crippen LogP contribution in [0.15, 0.2) is 69.9 Å². The van der Waals surface area contributed by atoms with Crippen LogP contribution < -0.4 is 24.4 Å². The minimum atomic E-state index is -0.562. The van der Waals surface area contributed by atoms with Gasteiger partial charge in [0.15, 0.2) is 17.3 Å². The molecule has 0 aliphatic rings. The number of carbonyl (C=O) groups is 1. The van der Waals surface area contributed by atoms with E-state index in [0.717, 1.165) is 17.9 Å². The van der Waals surface area contributed by atoms with Crippen molar-refractivity contribution in [3.05, 3.63) is 82.3 Å². The predicted octanol–water partition coefficient (Wildman–Crippen LogP) is 4.82. The third kappa shape index (κ3) is 5.27. The van der Waals surface area contributed by atoms with Gasteiger partial charge in [-0.05, 0) is 54.1 Å². The first-order valence-corrected chi connectivity index (χ1v) is 10.8. The van der Waals surface area contributed by atoms with E-state index in [9.17, 15) is 14.0 Å². The van der Waals surface area contributed by atoms with Crippen LogP contribution in [0.3, 0.4) is 0 Å². The zero-order chi connectivity index (χ0) is 24.8. The second kappa shape index (κ2) is 10.7. The molecule has 180 valence electrons. The maximum absolute atomic E-state index is 13.8. The standard InChI is InChI=1S/C27H23FO7/c1-31-23-8-6-18(15-24(23)32-2)26-27(25(30)21-16-19(28)7-9-22(21)35-26)34-13-12-33-20-5-3-4-17(14-20)10-11-29/h3-9,11,14-16H,10,12-13H2,1-2H3. The first-order chi connectivity index (χ1) is 17.0. The number of methoxy groups -OCH3 is 2. The smallest absolute Gasteiger partial charge is 0.235 e. The second-order valence-electron chi connectivity index (χ2n) is 7.51. The molecule has 0 unspecified atom stereocenters. The summed E-state index contributed by atoms with van der Waals surface area (Å²) in [5, 5.41) is 0.0618. The Labute approximate surface area is 200 Å². The monoisotopic (exact) mass is 478 g/mol. The van der Waals surface area contributed by atoms with Gasteiger partial charge in [-0.25, -0.2) is 4.39 Å². The van der Waals surface area contributed by atoms with Gasteiger partial charge in [0.2, 0.25) is 11.2 Å². The van der Waals surface area contributed by atoms with Crippen LogP contribution in [0.5, 0.6) is 23.0 Å². The van der Waals surface area contributed by atoms with Gasteiger partial charge < -0.3 is 28.2 Å². The number of hydrogen-bond donors (Lipinski definition) is 0. The molecule has 7 nitrogen and oxygen atoms in total. The Bertz CT molecular complexity index is 1410. The molecule has 0 radical (unpaired) electrons. The topological polar surface area (TPSA) is 84.2 Å². The molecule has 8 heteroatoms. The Balaban J connectivity index is 1.65. The molecule has 4 aromatic rings.